The Morgan fingerprint density at radius 3 is 2.70 bits per heavy atom. The molecule has 1 saturated heterocycles. The topological polar surface area (TPSA) is 101 Å². The molecule has 0 aromatic carbocycles. The van der Waals surface area contributed by atoms with Crippen molar-refractivity contribution < 1.29 is 14.4 Å². The number of aryl methyl sites for hydroxylation is 1. The van der Waals surface area contributed by atoms with Gasteiger partial charge in [0.05, 0.1) is 0 Å². The highest BCUT2D eigenvalue weighted by atomic mass is 16.2. The molecule has 1 aromatic rings. The van der Waals surface area contributed by atoms with Crippen molar-refractivity contribution in [2.45, 2.75) is 19.4 Å². The lowest BCUT2D eigenvalue weighted by molar-refractivity contribution is -0.138. The van der Waals surface area contributed by atoms with Crippen LogP contribution in [0.4, 0.5) is 0 Å². The largest absolute Gasteiger partial charge is 0.316 e. The molecule has 0 radical (unpaired) electrons. The third-order valence-corrected chi connectivity index (χ3v) is 3.08. The normalized spacial score (nSPS) is 18.9. The van der Waals surface area contributed by atoms with Crippen LogP contribution in [-0.2, 0) is 16.6 Å². The Bertz CT molecular complexity index is 637. The van der Waals surface area contributed by atoms with Crippen molar-refractivity contribution in [3.05, 3.63) is 28.2 Å². The van der Waals surface area contributed by atoms with Crippen LogP contribution in [0.1, 0.15) is 23.8 Å². The summed E-state index contributed by atoms with van der Waals surface area (Å²) in [6, 6.07) is 1.79. The molecule has 0 spiro atoms. The zero-order valence-corrected chi connectivity index (χ0v) is 11.1. The van der Waals surface area contributed by atoms with Gasteiger partial charge in [-0.1, -0.05) is 6.92 Å². The number of nitrogens with one attached hydrogen (secondary N) is 1. The van der Waals surface area contributed by atoms with E-state index in [4.69, 9.17) is 0 Å². The fourth-order valence-electron chi connectivity index (χ4n) is 2.05. The van der Waals surface area contributed by atoms with E-state index >= 15 is 0 Å². The Labute approximate surface area is 114 Å². The summed E-state index contributed by atoms with van der Waals surface area (Å²) < 4.78 is 1.03. The smallest absolute Gasteiger partial charge is 0.275 e. The van der Waals surface area contributed by atoms with E-state index < -0.39 is 23.8 Å². The van der Waals surface area contributed by atoms with Gasteiger partial charge in [-0.3, -0.25) is 24.5 Å². The first-order valence-corrected chi connectivity index (χ1v) is 6.13. The minimum absolute atomic E-state index is 0.0213. The van der Waals surface area contributed by atoms with Crippen LogP contribution in [0.25, 0.3) is 0 Å². The SMILES string of the molecule is CCC1C(=O)NC(=O)CN1C(=O)c1ccc(=O)n(C)n1. The summed E-state index contributed by atoms with van der Waals surface area (Å²) in [6.07, 6.45) is 0.386. The molecule has 1 aliphatic heterocycles. The highest BCUT2D eigenvalue weighted by Gasteiger charge is 2.36. The van der Waals surface area contributed by atoms with E-state index in [1.165, 1.54) is 24.1 Å². The minimum Gasteiger partial charge on any atom is -0.316 e. The first kappa shape index (κ1) is 13.9. The van der Waals surface area contributed by atoms with E-state index in [9.17, 15) is 19.2 Å². The Kier molecular flexibility index (Phi) is 3.64. The van der Waals surface area contributed by atoms with Gasteiger partial charge in [0.15, 0.2) is 0 Å². The number of aromatic nitrogens is 2. The molecule has 20 heavy (non-hydrogen) atoms. The number of hydrogen-bond acceptors (Lipinski definition) is 5. The standard InChI is InChI=1S/C12H14N4O4/c1-3-8-11(19)13-9(17)6-16(8)12(20)7-4-5-10(18)15(2)14-7/h4-5,8H,3,6H2,1-2H3,(H,13,17,19). The van der Waals surface area contributed by atoms with E-state index in [0.29, 0.717) is 6.42 Å². The molecule has 0 saturated carbocycles. The van der Waals surface area contributed by atoms with Gasteiger partial charge < -0.3 is 4.90 Å². The molecule has 2 heterocycles. The lowest BCUT2D eigenvalue weighted by Gasteiger charge is -2.33. The van der Waals surface area contributed by atoms with Crippen LogP contribution >= 0.6 is 0 Å². The van der Waals surface area contributed by atoms with Gasteiger partial charge in [0, 0.05) is 13.1 Å². The van der Waals surface area contributed by atoms with Gasteiger partial charge in [0.25, 0.3) is 11.5 Å². The average Bonchev–Trinajstić information content (AvgIpc) is 2.40. The zero-order chi connectivity index (χ0) is 14.9. The maximum Gasteiger partial charge on any atom is 0.275 e. The van der Waals surface area contributed by atoms with Crippen LogP contribution in [0.3, 0.4) is 0 Å². The van der Waals surface area contributed by atoms with Gasteiger partial charge in [-0.2, -0.15) is 5.10 Å². The second-order valence-electron chi connectivity index (χ2n) is 4.45. The van der Waals surface area contributed by atoms with Crippen molar-refractivity contribution in [1.82, 2.24) is 20.0 Å². The monoisotopic (exact) mass is 278 g/mol. The molecule has 106 valence electrons. The number of carbonyl (C=O) groups is 3. The first-order valence-electron chi connectivity index (χ1n) is 6.13. The molecule has 8 nitrogen and oxygen atoms in total. The van der Waals surface area contributed by atoms with Crippen molar-refractivity contribution in [2.75, 3.05) is 6.54 Å². The number of amides is 3. The van der Waals surface area contributed by atoms with E-state index in [-0.39, 0.29) is 17.8 Å². The summed E-state index contributed by atoms with van der Waals surface area (Å²) in [5.41, 5.74) is -0.325. The molecule has 1 atom stereocenters. The van der Waals surface area contributed by atoms with Crippen LogP contribution in [-0.4, -0.2) is 45.0 Å². The Morgan fingerprint density at radius 2 is 2.10 bits per heavy atom. The molecule has 0 aliphatic carbocycles. The molecular weight excluding hydrogens is 264 g/mol. The van der Waals surface area contributed by atoms with Crippen molar-refractivity contribution in [3.63, 3.8) is 0 Å². The van der Waals surface area contributed by atoms with E-state index in [1.54, 1.807) is 6.92 Å². The number of imide groups is 1. The summed E-state index contributed by atoms with van der Waals surface area (Å²) in [5, 5.41) is 6.03. The summed E-state index contributed by atoms with van der Waals surface area (Å²) in [7, 11) is 1.42. The fourth-order valence-corrected chi connectivity index (χ4v) is 2.05. The maximum absolute atomic E-state index is 12.3. The van der Waals surface area contributed by atoms with Gasteiger partial charge in [0.1, 0.15) is 18.3 Å². The second-order valence-corrected chi connectivity index (χ2v) is 4.45. The minimum atomic E-state index is -0.709. The predicted octanol–water partition coefficient (Wildman–Crippen LogP) is -1.34. The number of rotatable bonds is 2. The lowest BCUT2D eigenvalue weighted by Crippen LogP contribution is -2.59. The number of piperazine rings is 1. The molecule has 8 heteroatoms. The average molecular weight is 278 g/mol. The number of hydrogen-bond donors (Lipinski definition) is 1. The summed E-state index contributed by atoms with van der Waals surface area (Å²) in [4.78, 5) is 47.9. The van der Waals surface area contributed by atoms with Gasteiger partial charge in [-0.25, -0.2) is 4.68 Å². The Morgan fingerprint density at radius 1 is 1.40 bits per heavy atom. The van der Waals surface area contributed by atoms with Crippen molar-refractivity contribution in [1.29, 1.82) is 0 Å². The Hall–Kier alpha value is -2.51. The molecule has 3 amide bonds. The predicted molar refractivity (Wildman–Crippen MR) is 67.7 cm³/mol. The summed E-state index contributed by atoms with van der Waals surface area (Å²) >= 11 is 0. The number of carbonyl (C=O) groups excluding carboxylic acids is 3. The van der Waals surface area contributed by atoms with Crippen LogP contribution in [0.2, 0.25) is 0 Å². The molecule has 1 fully saturated rings. The zero-order valence-electron chi connectivity index (χ0n) is 11.1. The van der Waals surface area contributed by atoms with Gasteiger partial charge >= 0.3 is 0 Å². The van der Waals surface area contributed by atoms with E-state index in [1.807, 2.05) is 0 Å². The molecule has 1 unspecified atom stereocenters. The van der Waals surface area contributed by atoms with Crippen LogP contribution in [0.15, 0.2) is 16.9 Å². The third kappa shape index (κ3) is 2.44. The summed E-state index contributed by atoms with van der Waals surface area (Å²) in [5.74, 6) is -1.57. The maximum atomic E-state index is 12.3. The molecule has 0 bridgehead atoms. The fraction of sp³-hybridized carbons (Fsp3) is 0.417. The highest BCUT2D eigenvalue weighted by molar-refractivity contribution is 6.06. The van der Waals surface area contributed by atoms with Crippen LogP contribution < -0.4 is 10.9 Å². The quantitative estimate of drug-likeness (QED) is 0.674. The van der Waals surface area contributed by atoms with E-state index in [2.05, 4.69) is 10.4 Å². The van der Waals surface area contributed by atoms with Crippen molar-refractivity contribution in [2.24, 2.45) is 7.05 Å². The third-order valence-electron chi connectivity index (χ3n) is 3.08. The molecule has 2 rings (SSSR count). The number of nitrogens with zero attached hydrogens (tertiary/aromatic N) is 3. The Balaban J connectivity index is 2.34. The lowest BCUT2D eigenvalue weighted by atomic mass is 10.1. The molecule has 1 N–H and O–H groups in total. The van der Waals surface area contributed by atoms with Gasteiger partial charge in [-0.15, -0.1) is 0 Å². The summed E-state index contributed by atoms with van der Waals surface area (Å²) in [6.45, 7) is 1.54. The van der Waals surface area contributed by atoms with E-state index in [0.717, 1.165) is 4.68 Å². The molecular formula is C12H14N4O4. The van der Waals surface area contributed by atoms with Gasteiger partial charge in [-0.05, 0) is 12.5 Å². The van der Waals surface area contributed by atoms with Crippen molar-refractivity contribution >= 4 is 17.7 Å². The molecule has 1 aromatic heterocycles. The van der Waals surface area contributed by atoms with Gasteiger partial charge in [0.2, 0.25) is 11.8 Å². The first-order chi connectivity index (χ1) is 9.43. The molecule has 1 aliphatic rings. The second kappa shape index (κ2) is 5.24. The van der Waals surface area contributed by atoms with Crippen LogP contribution in [0, 0.1) is 0 Å². The highest BCUT2D eigenvalue weighted by Crippen LogP contribution is 2.12. The van der Waals surface area contributed by atoms with Crippen LogP contribution in [0.5, 0.6) is 0 Å². The van der Waals surface area contributed by atoms with Crippen molar-refractivity contribution in [3.8, 4) is 0 Å².